The molecule has 1 aromatic heterocycles. The van der Waals surface area contributed by atoms with Crippen molar-refractivity contribution in [2.45, 2.75) is 52.7 Å². The van der Waals surface area contributed by atoms with Crippen molar-refractivity contribution < 1.29 is 9.90 Å². The predicted octanol–water partition coefficient (Wildman–Crippen LogP) is 3.68. The lowest BCUT2D eigenvalue weighted by Crippen LogP contribution is -2.53. The van der Waals surface area contributed by atoms with E-state index in [9.17, 15) is 14.7 Å². The van der Waals surface area contributed by atoms with Crippen molar-refractivity contribution in [1.29, 1.82) is 0 Å². The van der Waals surface area contributed by atoms with Crippen LogP contribution in [0.2, 0.25) is 5.02 Å². The van der Waals surface area contributed by atoms with Crippen molar-refractivity contribution in [2.75, 3.05) is 26.2 Å². The van der Waals surface area contributed by atoms with Gasteiger partial charge in [-0.05, 0) is 33.3 Å². The van der Waals surface area contributed by atoms with E-state index in [0.29, 0.717) is 34.6 Å². The second-order valence-electron chi connectivity index (χ2n) is 8.68. The second kappa shape index (κ2) is 8.46. The summed E-state index contributed by atoms with van der Waals surface area (Å²) in [7, 11) is 0. The van der Waals surface area contributed by atoms with Gasteiger partial charge in [-0.25, -0.2) is 4.79 Å². The third kappa shape index (κ3) is 4.34. The highest BCUT2D eigenvalue weighted by Crippen LogP contribution is 2.27. The van der Waals surface area contributed by atoms with E-state index in [1.807, 2.05) is 6.92 Å². The van der Waals surface area contributed by atoms with E-state index in [4.69, 9.17) is 11.6 Å². The van der Waals surface area contributed by atoms with Crippen LogP contribution in [0.15, 0.2) is 23.0 Å². The van der Waals surface area contributed by atoms with Crippen LogP contribution in [0.4, 0.5) is 0 Å². The van der Waals surface area contributed by atoms with Gasteiger partial charge in [0, 0.05) is 50.2 Å². The number of carbonyl (C=O) groups is 1. The van der Waals surface area contributed by atoms with Crippen LogP contribution in [0.25, 0.3) is 10.8 Å². The van der Waals surface area contributed by atoms with Gasteiger partial charge in [-0.3, -0.25) is 14.6 Å². The zero-order chi connectivity index (χ0) is 21.3. The Hall–Kier alpha value is -1.89. The van der Waals surface area contributed by atoms with Crippen LogP contribution < -0.4 is 5.56 Å². The molecular weight excluding hydrogens is 390 g/mol. The molecular formula is C22H30ClN3O3. The van der Waals surface area contributed by atoms with E-state index in [2.05, 4.69) is 30.6 Å². The Morgan fingerprint density at radius 3 is 2.38 bits per heavy atom. The topological polar surface area (TPSA) is 65.8 Å². The Balaban J connectivity index is 2.07. The molecule has 0 saturated carbocycles. The fourth-order valence-electron chi connectivity index (χ4n) is 4.15. The van der Waals surface area contributed by atoms with Gasteiger partial charge in [-0.2, -0.15) is 0 Å². The van der Waals surface area contributed by atoms with Gasteiger partial charge >= 0.3 is 5.97 Å². The van der Waals surface area contributed by atoms with Gasteiger partial charge in [0.2, 0.25) is 0 Å². The number of pyridine rings is 1. The molecule has 1 aliphatic rings. The van der Waals surface area contributed by atoms with Crippen LogP contribution in [0.1, 0.15) is 50.2 Å². The highest BCUT2D eigenvalue weighted by atomic mass is 35.5. The summed E-state index contributed by atoms with van der Waals surface area (Å²) in [5.41, 5.74) is 0.667. The fraction of sp³-hybridized carbons (Fsp3) is 0.545. The minimum atomic E-state index is -1.02. The lowest BCUT2D eigenvalue weighted by Gasteiger charge is -2.42. The number of nitrogens with zero attached hydrogens (tertiary/aromatic N) is 3. The van der Waals surface area contributed by atoms with Gasteiger partial charge in [0.25, 0.3) is 5.56 Å². The molecule has 1 N–H and O–H groups in total. The minimum absolute atomic E-state index is 0.113. The zero-order valence-corrected chi connectivity index (χ0v) is 18.4. The number of rotatable bonds is 5. The molecule has 158 valence electrons. The van der Waals surface area contributed by atoms with E-state index in [0.717, 1.165) is 32.6 Å². The van der Waals surface area contributed by atoms with E-state index >= 15 is 0 Å². The number of aromatic carboxylic acids is 1. The number of benzene rings is 1. The quantitative estimate of drug-likeness (QED) is 0.800. The van der Waals surface area contributed by atoms with Crippen LogP contribution in [0.5, 0.6) is 0 Å². The summed E-state index contributed by atoms with van der Waals surface area (Å²) in [6.07, 6.45) is 0.736. The molecule has 6 nitrogen and oxygen atoms in total. The minimum Gasteiger partial charge on any atom is -0.478 e. The number of carboxylic acid groups (broad SMARTS) is 1. The molecule has 1 aromatic carbocycles. The Bertz CT molecular complexity index is 970. The first-order chi connectivity index (χ1) is 13.6. The van der Waals surface area contributed by atoms with E-state index in [1.165, 1.54) is 0 Å². The van der Waals surface area contributed by atoms with Gasteiger partial charge in [-0.1, -0.05) is 30.7 Å². The maximum absolute atomic E-state index is 13.2. The normalized spacial score (nSPS) is 16.4. The number of carboxylic acids is 1. The Kier molecular flexibility index (Phi) is 6.36. The van der Waals surface area contributed by atoms with Crippen molar-refractivity contribution in [3.63, 3.8) is 0 Å². The van der Waals surface area contributed by atoms with Crippen molar-refractivity contribution in [3.05, 3.63) is 44.8 Å². The Morgan fingerprint density at radius 2 is 1.83 bits per heavy atom. The second-order valence-corrected chi connectivity index (χ2v) is 9.09. The highest BCUT2D eigenvalue weighted by Gasteiger charge is 2.28. The lowest BCUT2D eigenvalue weighted by atomic mass is 10.0. The summed E-state index contributed by atoms with van der Waals surface area (Å²) < 4.78 is 1.62. The molecule has 3 rings (SSSR count). The first kappa shape index (κ1) is 21.8. The average Bonchev–Trinajstić information content (AvgIpc) is 2.64. The maximum Gasteiger partial charge on any atom is 0.338 e. The van der Waals surface area contributed by atoms with Crippen molar-refractivity contribution in [2.24, 2.45) is 0 Å². The number of fused-ring (bicyclic) bond motifs is 1. The van der Waals surface area contributed by atoms with E-state index in [-0.39, 0.29) is 16.7 Å². The van der Waals surface area contributed by atoms with Crippen LogP contribution >= 0.6 is 11.6 Å². The van der Waals surface area contributed by atoms with Crippen LogP contribution in [0, 0.1) is 0 Å². The molecule has 1 fully saturated rings. The zero-order valence-electron chi connectivity index (χ0n) is 17.7. The summed E-state index contributed by atoms with van der Waals surface area (Å²) in [5, 5.41) is 11.0. The lowest BCUT2D eigenvalue weighted by molar-refractivity contribution is 0.0572. The summed E-state index contributed by atoms with van der Waals surface area (Å²) in [5.74, 6) is -1.02. The molecule has 1 saturated heterocycles. The molecule has 7 heteroatoms. The standard InChI is InChI=1S/C22H30ClN3O3/c1-5-9-26-17(14-24-10-12-25(13-11-24)22(2,3)4)19(21(28)29)15-7-6-8-16(23)18(15)20(26)27/h6-8H,5,9-14H2,1-4H3,(H,28,29). The van der Waals surface area contributed by atoms with Crippen LogP contribution in [-0.4, -0.2) is 57.2 Å². The highest BCUT2D eigenvalue weighted by molar-refractivity contribution is 6.35. The molecule has 2 aromatic rings. The first-order valence-electron chi connectivity index (χ1n) is 10.2. The average molecular weight is 420 g/mol. The molecule has 0 aliphatic carbocycles. The Morgan fingerprint density at radius 1 is 1.17 bits per heavy atom. The summed E-state index contributed by atoms with van der Waals surface area (Å²) in [6.45, 7) is 13.0. The SMILES string of the molecule is CCCn1c(CN2CCN(C(C)(C)C)CC2)c(C(=O)O)c2cccc(Cl)c2c1=O. The summed E-state index contributed by atoms with van der Waals surface area (Å²) in [6, 6.07) is 5.02. The molecule has 0 amide bonds. The molecule has 0 radical (unpaired) electrons. The van der Waals surface area contributed by atoms with Gasteiger partial charge in [0.15, 0.2) is 0 Å². The number of piperazine rings is 1. The predicted molar refractivity (Wildman–Crippen MR) is 117 cm³/mol. The smallest absolute Gasteiger partial charge is 0.338 e. The van der Waals surface area contributed by atoms with Gasteiger partial charge < -0.3 is 9.67 Å². The van der Waals surface area contributed by atoms with Gasteiger partial charge in [-0.15, -0.1) is 0 Å². The van der Waals surface area contributed by atoms with Gasteiger partial charge in [0.05, 0.1) is 21.7 Å². The van der Waals surface area contributed by atoms with Crippen molar-refractivity contribution in [1.82, 2.24) is 14.4 Å². The first-order valence-corrected chi connectivity index (χ1v) is 10.6. The molecule has 1 aliphatic heterocycles. The monoisotopic (exact) mass is 419 g/mol. The largest absolute Gasteiger partial charge is 0.478 e. The summed E-state index contributed by atoms with van der Waals surface area (Å²) >= 11 is 6.29. The number of aromatic nitrogens is 1. The molecule has 2 heterocycles. The van der Waals surface area contributed by atoms with E-state index in [1.54, 1.807) is 22.8 Å². The van der Waals surface area contributed by atoms with Crippen LogP contribution in [-0.2, 0) is 13.1 Å². The van der Waals surface area contributed by atoms with Crippen molar-refractivity contribution >= 4 is 28.3 Å². The van der Waals surface area contributed by atoms with Gasteiger partial charge in [0.1, 0.15) is 0 Å². The fourth-order valence-corrected chi connectivity index (χ4v) is 4.40. The number of hydrogen-bond donors (Lipinski definition) is 1. The van der Waals surface area contributed by atoms with Crippen LogP contribution in [0.3, 0.4) is 0 Å². The maximum atomic E-state index is 13.2. The van der Waals surface area contributed by atoms with Crippen molar-refractivity contribution in [3.8, 4) is 0 Å². The number of halogens is 1. The third-order valence-corrected chi connectivity index (χ3v) is 6.03. The molecule has 0 atom stereocenters. The number of hydrogen-bond acceptors (Lipinski definition) is 4. The van der Waals surface area contributed by atoms with E-state index < -0.39 is 5.97 Å². The molecule has 0 bridgehead atoms. The Labute approximate surface area is 176 Å². The molecule has 0 unspecified atom stereocenters. The molecule has 0 spiro atoms. The molecule has 29 heavy (non-hydrogen) atoms. The third-order valence-electron chi connectivity index (χ3n) is 5.71. The summed E-state index contributed by atoms with van der Waals surface area (Å²) in [4.78, 5) is 30.1.